The highest BCUT2D eigenvalue weighted by atomic mass is 16.5. The summed E-state index contributed by atoms with van der Waals surface area (Å²) in [5, 5.41) is 4.08. The lowest BCUT2D eigenvalue weighted by Gasteiger charge is -2.26. The van der Waals surface area contributed by atoms with Gasteiger partial charge in [-0.25, -0.2) is 9.97 Å². The first-order valence-corrected chi connectivity index (χ1v) is 7.14. The van der Waals surface area contributed by atoms with E-state index >= 15 is 0 Å². The van der Waals surface area contributed by atoms with Crippen molar-refractivity contribution in [3.05, 3.63) is 35.0 Å². The molecule has 1 saturated carbocycles. The Labute approximate surface area is 117 Å². The van der Waals surface area contributed by atoms with E-state index in [1.807, 2.05) is 13.1 Å². The highest BCUT2D eigenvalue weighted by Crippen LogP contribution is 2.38. The molecule has 104 valence electrons. The zero-order valence-corrected chi connectivity index (χ0v) is 11.5. The van der Waals surface area contributed by atoms with Crippen LogP contribution >= 0.6 is 0 Å². The van der Waals surface area contributed by atoms with Gasteiger partial charge >= 0.3 is 0 Å². The number of fused-ring (bicyclic) bond motifs is 1. The number of hydrogen-bond acceptors (Lipinski definition) is 6. The van der Waals surface area contributed by atoms with E-state index < -0.39 is 0 Å². The highest BCUT2D eigenvalue weighted by molar-refractivity contribution is 5.20. The third-order valence-corrected chi connectivity index (χ3v) is 3.92. The summed E-state index contributed by atoms with van der Waals surface area (Å²) in [7, 11) is 0. The van der Waals surface area contributed by atoms with Crippen LogP contribution < -0.4 is 0 Å². The quantitative estimate of drug-likeness (QED) is 0.844. The van der Waals surface area contributed by atoms with Crippen molar-refractivity contribution in [2.24, 2.45) is 0 Å². The topological polar surface area (TPSA) is 67.9 Å². The molecule has 2 aromatic rings. The summed E-state index contributed by atoms with van der Waals surface area (Å²) in [6.07, 6.45) is 5.32. The van der Waals surface area contributed by atoms with Crippen LogP contribution in [0.4, 0.5) is 0 Å². The number of nitrogens with zero attached hydrogens (tertiary/aromatic N) is 5. The smallest absolute Gasteiger partial charge is 0.229 e. The minimum absolute atomic E-state index is 0.522. The van der Waals surface area contributed by atoms with Crippen molar-refractivity contribution in [2.75, 3.05) is 6.54 Å². The fourth-order valence-electron chi connectivity index (χ4n) is 2.62. The van der Waals surface area contributed by atoms with Gasteiger partial charge < -0.3 is 4.52 Å². The van der Waals surface area contributed by atoms with Crippen LogP contribution in [0.3, 0.4) is 0 Å². The summed E-state index contributed by atoms with van der Waals surface area (Å²) in [6.45, 7) is 4.50. The van der Waals surface area contributed by atoms with E-state index in [0.717, 1.165) is 49.3 Å². The average Bonchev–Trinajstić information content (AvgIpc) is 3.19. The van der Waals surface area contributed by atoms with Crippen molar-refractivity contribution in [1.29, 1.82) is 0 Å². The molecule has 1 fully saturated rings. The van der Waals surface area contributed by atoms with Gasteiger partial charge in [0, 0.05) is 25.2 Å². The van der Waals surface area contributed by atoms with Crippen LogP contribution in [0.1, 0.15) is 47.6 Å². The maximum atomic E-state index is 5.31. The summed E-state index contributed by atoms with van der Waals surface area (Å²) in [6, 6.07) is 0. The molecule has 6 nitrogen and oxygen atoms in total. The molecule has 3 heterocycles. The minimum atomic E-state index is 0.522. The molecule has 20 heavy (non-hydrogen) atoms. The molecule has 1 aliphatic carbocycles. The summed E-state index contributed by atoms with van der Waals surface area (Å²) >= 11 is 0. The maximum absolute atomic E-state index is 5.31. The lowest BCUT2D eigenvalue weighted by Crippen LogP contribution is -2.31. The molecule has 2 aliphatic rings. The van der Waals surface area contributed by atoms with Gasteiger partial charge in [0.25, 0.3) is 0 Å². The molecule has 0 spiro atoms. The van der Waals surface area contributed by atoms with E-state index in [-0.39, 0.29) is 0 Å². The largest absolute Gasteiger partial charge is 0.339 e. The van der Waals surface area contributed by atoms with Gasteiger partial charge in [-0.05, 0) is 31.7 Å². The van der Waals surface area contributed by atoms with Crippen molar-refractivity contribution in [3.63, 3.8) is 0 Å². The second-order valence-electron chi connectivity index (χ2n) is 5.67. The van der Waals surface area contributed by atoms with Gasteiger partial charge in [0.15, 0.2) is 5.82 Å². The predicted molar refractivity (Wildman–Crippen MR) is 70.9 cm³/mol. The molecular formula is C14H17N5O. The number of hydrogen-bond donors (Lipinski definition) is 0. The molecule has 2 aromatic heterocycles. The van der Waals surface area contributed by atoms with Crippen LogP contribution in [-0.4, -0.2) is 31.6 Å². The van der Waals surface area contributed by atoms with Crippen molar-refractivity contribution in [1.82, 2.24) is 25.0 Å². The van der Waals surface area contributed by atoms with Gasteiger partial charge in [-0.2, -0.15) is 4.98 Å². The zero-order valence-electron chi connectivity index (χ0n) is 11.5. The molecule has 0 unspecified atom stereocenters. The fraction of sp³-hybridized carbons (Fsp3) is 0.571. The summed E-state index contributed by atoms with van der Waals surface area (Å²) in [4.78, 5) is 15.6. The van der Waals surface area contributed by atoms with Gasteiger partial charge in [0.05, 0.1) is 12.2 Å². The van der Waals surface area contributed by atoms with E-state index in [0.29, 0.717) is 5.92 Å². The summed E-state index contributed by atoms with van der Waals surface area (Å²) in [5.41, 5.74) is 2.40. The van der Waals surface area contributed by atoms with Crippen molar-refractivity contribution in [2.45, 2.75) is 45.2 Å². The number of rotatable bonds is 3. The van der Waals surface area contributed by atoms with E-state index in [4.69, 9.17) is 4.52 Å². The first-order valence-electron chi connectivity index (χ1n) is 7.14. The van der Waals surface area contributed by atoms with Crippen LogP contribution in [0.2, 0.25) is 0 Å². The molecule has 6 heteroatoms. The van der Waals surface area contributed by atoms with E-state index in [1.54, 1.807) is 0 Å². The first kappa shape index (κ1) is 12.0. The van der Waals surface area contributed by atoms with E-state index in [9.17, 15) is 0 Å². The Morgan fingerprint density at radius 3 is 3.10 bits per heavy atom. The predicted octanol–water partition coefficient (Wildman–Crippen LogP) is 1.60. The molecular weight excluding hydrogens is 254 g/mol. The first-order chi connectivity index (χ1) is 9.78. The maximum Gasteiger partial charge on any atom is 0.229 e. The Morgan fingerprint density at radius 1 is 1.35 bits per heavy atom. The lowest BCUT2D eigenvalue weighted by molar-refractivity contribution is 0.231. The second kappa shape index (κ2) is 4.63. The molecule has 0 amide bonds. The second-order valence-corrected chi connectivity index (χ2v) is 5.67. The Hall–Kier alpha value is -1.82. The van der Waals surface area contributed by atoms with Gasteiger partial charge in [-0.3, -0.25) is 4.90 Å². The van der Waals surface area contributed by atoms with Gasteiger partial charge in [-0.1, -0.05) is 5.16 Å². The SMILES string of the molecule is Cc1ncc2c(n1)CN(Cc1noc(C3CC3)n1)CC2. The van der Waals surface area contributed by atoms with Crippen molar-refractivity contribution in [3.8, 4) is 0 Å². The molecule has 4 rings (SSSR count). The monoisotopic (exact) mass is 271 g/mol. The van der Waals surface area contributed by atoms with Crippen LogP contribution in [0.25, 0.3) is 0 Å². The lowest BCUT2D eigenvalue weighted by atomic mass is 10.1. The number of aromatic nitrogens is 4. The Bertz CT molecular complexity index is 634. The molecule has 0 aromatic carbocycles. The third kappa shape index (κ3) is 2.31. The Morgan fingerprint density at radius 2 is 2.25 bits per heavy atom. The van der Waals surface area contributed by atoms with Crippen LogP contribution in [0.5, 0.6) is 0 Å². The van der Waals surface area contributed by atoms with Crippen LogP contribution in [-0.2, 0) is 19.5 Å². The molecule has 0 N–H and O–H groups in total. The third-order valence-electron chi connectivity index (χ3n) is 3.92. The zero-order chi connectivity index (χ0) is 13.5. The summed E-state index contributed by atoms with van der Waals surface area (Å²) in [5.74, 6) is 2.96. The minimum Gasteiger partial charge on any atom is -0.339 e. The van der Waals surface area contributed by atoms with Crippen LogP contribution in [0, 0.1) is 6.92 Å². The summed E-state index contributed by atoms with van der Waals surface area (Å²) < 4.78 is 5.31. The van der Waals surface area contributed by atoms with E-state index in [2.05, 4.69) is 25.0 Å². The highest BCUT2D eigenvalue weighted by Gasteiger charge is 2.30. The van der Waals surface area contributed by atoms with Gasteiger partial charge in [0.2, 0.25) is 5.89 Å². The van der Waals surface area contributed by atoms with Crippen LogP contribution in [0.15, 0.2) is 10.7 Å². The normalized spacial score (nSPS) is 19.1. The molecule has 0 radical (unpaired) electrons. The molecule has 0 saturated heterocycles. The Balaban J connectivity index is 1.47. The van der Waals surface area contributed by atoms with Crippen molar-refractivity contribution < 1.29 is 4.52 Å². The van der Waals surface area contributed by atoms with E-state index in [1.165, 1.54) is 18.4 Å². The standard InChI is InChI=1S/C14H17N5O/c1-9-15-6-11-4-5-19(7-12(11)16-9)8-13-17-14(20-18-13)10-2-3-10/h6,10H,2-5,7-8H2,1H3. The molecule has 1 aliphatic heterocycles. The molecule has 0 atom stereocenters. The average molecular weight is 271 g/mol. The Kier molecular flexibility index (Phi) is 2.77. The molecule has 0 bridgehead atoms. The van der Waals surface area contributed by atoms with Crippen molar-refractivity contribution >= 4 is 0 Å². The fourth-order valence-corrected chi connectivity index (χ4v) is 2.62. The van der Waals surface area contributed by atoms with Gasteiger partial charge in [-0.15, -0.1) is 0 Å². The number of aryl methyl sites for hydroxylation is 1. The van der Waals surface area contributed by atoms with Gasteiger partial charge in [0.1, 0.15) is 5.82 Å².